The number of aliphatic hydroxyl groups is 1. The summed E-state index contributed by atoms with van der Waals surface area (Å²) in [5.74, 6) is 2.39. The summed E-state index contributed by atoms with van der Waals surface area (Å²) in [4.78, 5) is 4.20. The van der Waals surface area contributed by atoms with Gasteiger partial charge in [0, 0.05) is 18.5 Å². The second kappa shape index (κ2) is 5.35. The second-order valence-electron chi connectivity index (χ2n) is 4.49. The molecule has 0 saturated heterocycles. The highest BCUT2D eigenvalue weighted by Crippen LogP contribution is 2.23. The van der Waals surface area contributed by atoms with Crippen molar-refractivity contribution in [1.82, 2.24) is 14.8 Å². The van der Waals surface area contributed by atoms with Crippen molar-refractivity contribution in [2.75, 3.05) is 0 Å². The summed E-state index contributed by atoms with van der Waals surface area (Å²) in [7, 11) is 0. The van der Waals surface area contributed by atoms with E-state index in [9.17, 15) is 5.11 Å². The summed E-state index contributed by atoms with van der Waals surface area (Å²) >= 11 is 0. The molecule has 0 radical (unpaired) electrons. The minimum atomic E-state index is -0.595. The largest absolute Gasteiger partial charge is 0.466 e. The molecule has 0 aliphatic carbocycles. The van der Waals surface area contributed by atoms with E-state index in [4.69, 9.17) is 4.42 Å². The maximum absolute atomic E-state index is 10.2. The van der Waals surface area contributed by atoms with Gasteiger partial charge in [0.2, 0.25) is 0 Å². The zero-order valence-electron chi connectivity index (χ0n) is 11.1. The fourth-order valence-corrected chi connectivity index (χ4v) is 2.11. The normalized spacial score (nSPS) is 12.9. The molecule has 0 bridgehead atoms. The SMILES string of the molecule is CCCn1ncnc1CC(O)c1cc(C)oc1C. The van der Waals surface area contributed by atoms with Gasteiger partial charge in [0.05, 0.1) is 6.10 Å². The molecule has 2 heterocycles. The molecular formula is C13H19N3O2. The smallest absolute Gasteiger partial charge is 0.138 e. The average molecular weight is 249 g/mol. The van der Waals surface area contributed by atoms with Gasteiger partial charge in [0.1, 0.15) is 23.7 Å². The topological polar surface area (TPSA) is 64.1 Å². The van der Waals surface area contributed by atoms with E-state index in [0.717, 1.165) is 35.9 Å². The van der Waals surface area contributed by atoms with Crippen molar-refractivity contribution in [3.05, 3.63) is 35.3 Å². The van der Waals surface area contributed by atoms with Crippen molar-refractivity contribution < 1.29 is 9.52 Å². The predicted molar refractivity (Wildman–Crippen MR) is 67.2 cm³/mol. The first-order chi connectivity index (χ1) is 8.61. The van der Waals surface area contributed by atoms with Crippen LogP contribution in [-0.4, -0.2) is 19.9 Å². The highest BCUT2D eigenvalue weighted by Gasteiger charge is 2.17. The summed E-state index contributed by atoms with van der Waals surface area (Å²) in [6.07, 6.45) is 2.39. The van der Waals surface area contributed by atoms with Gasteiger partial charge in [0.15, 0.2) is 0 Å². The van der Waals surface area contributed by atoms with Crippen LogP contribution in [0.25, 0.3) is 0 Å². The van der Waals surface area contributed by atoms with Crippen molar-refractivity contribution in [3.63, 3.8) is 0 Å². The second-order valence-corrected chi connectivity index (χ2v) is 4.49. The van der Waals surface area contributed by atoms with E-state index < -0.39 is 6.10 Å². The molecule has 0 aliphatic heterocycles. The summed E-state index contributed by atoms with van der Waals surface area (Å²) in [6.45, 7) is 6.65. The molecule has 0 saturated carbocycles. The molecule has 0 spiro atoms. The minimum absolute atomic E-state index is 0.458. The van der Waals surface area contributed by atoms with Gasteiger partial charge >= 0.3 is 0 Å². The minimum Gasteiger partial charge on any atom is -0.466 e. The zero-order chi connectivity index (χ0) is 13.1. The molecule has 18 heavy (non-hydrogen) atoms. The van der Waals surface area contributed by atoms with Gasteiger partial charge in [-0.2, -0.15) is 5.10 Å². The summed E-state index contributed by atoms with van der Waals surface area (Å²) in [5.41, 5.74) is 0.832. The Hall–Kier alpha value is -1.62. The average Bonchev–Trinajstić information content (AvgIpc) is 2.87. The molecular weight excluding hydrogens is 230 g/mol. The first-order valence-electron chi connectivity index (χ1n) is 6.23. The lowest BCUT2D eigenvalue weighted by atomic mass is 10.1. The molecule has 0 amide bonds. The number of aromatic nitrogens is 3. The summed E-state index contributed by atoms with van der Waals surface area (Å²) in [5, 5.41) is 14.4. The third-order valence-corrected chi connectivity index (χ3v) is 2.95. The highest BCUT2D eigenvalue weighted by molar-refractivity contribution is 5.23. The van der Waals surface area contributed by atoms with Crippen molar-refractivity contribution >= 4 is 0 Å². The van der Waals surface area contributed by atoms with Crippen molar-refractivity contribution in [2.24, 2.45) is 0 Å². The Morgan fingerprint density at radius 3 is 2.83 bits per heavy atom. The highest BCUT2D eigenvalue weighted by atomic mass is 16.3. The maximum Gasteiger partial charge on any atom is 0.138 e. The molecule has 2 aromatic rings. The van der Waals surface area contributed by atoms with Gasteiger partial charge in [-0.1, -0.05) is 6.92 Å². The van der Waals surface area contributed by atoms with E-state index in [1.54, 1.807) is 0 Å². The van der Waals surface area contributed by atoms with E-state index >= 15 is 0 Å². The van der Waals surface area contributed by atoms with Crippen LogP contribution in [0.15, 0.2) is 16.8 Å². The van der Waals surface area contributed by atoms with Gasteiger partial charge in [-0.15, -0.1) is 0 Å². The van der Waals surface area contributed by atoms with Gasteiger partial charge in [-0.3, -0.25) is 4.68 Å². The van der Waals surface area contributed by atoms with E-state index in [1.807, 2.05) is 24.6 Å². The summed E-state index contributed by atoms with van der Waals surface area (Å²) < 4.78 is 7.27. The molecule has 1 unspecified atom stereocenters. The van der Waals surface area contributed by atoms with Crippen LogP contribution in [-0.2, 0) is 13.0 Å². The lowest BCUT2D eigenvalue weighted by molar-refractivity contribution is 0.172. The molecule has 2 aromatic heterocycles. The first kappa shape index (κ1) is 12.8. The maximum atomic E-state index is 10.2. The number of aliphatic hydroxyl groups excluding tert-OH is 1. The first-order valence-corrected chi connectivity index (χ1v) is 6.23. The fraction of sp³-hybridized carbons (Fsp3) is 0.538. The Bertz CT molecular complexity index is 516. The van der Waals surface area contributed by atoms with E-state index in [0.29, 0.717) is 6.42 Å². The Labute approximate surface area is 106 Å². The Balaban J connectivity index is 2.13. The quantitative estimate of drug-likeness (QED) is 0.882. The van der Waals surface area contributed by atoms with E-state index in [2.05, 4.69) is 17.0 Å². The molecule has 98 valence electrons. The molecule has 5 heteroatoms. The Morgan fingerprint density at radius 2 is 2.22 bits per heavy atom. The number of rotatable bonds is 5. The Kier molecular flexibility index (Phi) is 3.81. The standard InChI is InChI=1S/C13H19N3O2/c1-4-5-16-13(14-8-15-16)7-12(17)11-6-9(2)18-10(11)3/h6,8,12,17H,4-5,7H2,1-3H3. The lowest BCUT2D eigenvalue weighted by Crippen LogP contribution is -2.10. The van der Waals surface area contributed by atoms with Crippen LogP contribution in [0.1, 0.15) is 42.4 Å². The molecule has 2 rings (SSSR count). The van der Waals surface area contributed by atoms with E-state index in [-0.39, 0.29) is 0 Å². The van der Waals surface area contributed by atoms with Crippen LogP contribution in [0.4, 0.5) is 0 Å². The number of aryl methyl sites for hydroxylation is 3. The zero-order valence-corrected chi connectivity index (χ0v) is 11.1. The number of furan rings is 1. The van der Waals surface area contributed by atoms with Crippen LogP contribution in [0.3, 0.4) is 0 Å². The number of hydrogen-bond acceptors (Lipinski definition) is 4. The molecule has 0 fully saturated rings. The van der Waals surface area contributed by atoms with Crippen LogP contribution < -0.4 is 0 Å². The molecule has 1 atom stereocenters. The van der Waals surface area contributed by atoms with Crippen LogP contribution in [0.2, 0.25) is 0 Å². The van der Waals surface area contributed by atoms with Gasteiger partial charge in [-0.05, 0) is 26.3 Å². The third-order valence-electron chi connectivity index (χ3n) is 2.95. The van der Waals surface area contributed by atoms with Crippen LogP contribution >= 0.6 is 0 Å². The lowest BCUT2D eigenvalue weighted by Gasteiger charge is -2.10. The third kappa shape index (κ3) is 2.61. The number of nitrogens with zero attached hydrogens (tertiary/aromatic N) is 3. The van der Waals surface area contributed by atoms with Gasteiger partial charge < -0.3 is 9.52 Å². The van der Waals surface area contributed by atoms with Gasteiger partial charge in [-0.25, -0.2) is 4.98 Å². The Morgan fingerprint density at radius 1 is 1.44 bits per heavy atom. The van der Waals surface area contributed by atoms with Crippen molar-refractivity contribution in [1.29, 1.82) is 0 Å². The van der Waals surface area contributed by atoms with Crippen LogP contribution in [0, 0.1) is 13.8 Å². The predicted octanol–water partition coefficient (Wildman–Crippen LogP) is 2.17. The number of hydrogen-bond donors (Lipinski definition) is 1. The molecule has 0 aliphatic rings. The van der Waals surface area contributed by atoms with Gasteiger partial charge in [0.25, 0.3) is 0 Å². The fourth-order valence-electron chi connectivity index (χ4n) is 2.11. The summed E-state index contributed by atoms with van der Waals surface area (Å²) in [6, 6.07) is 1.88. The van der Waals surface area contributed by atoms with Crippen molar-refractivity contribution in [2.45, 2.75) is 46.3 Å². The molecule has 1 N–H and O–H groups in total. The molecule has 0 aromatic carbocycles. The van der Waals surface area contributed by atoms with E-state index in [1.165, 1.54) is 6.33 Å². The van der Waals surface area contributed by atoms with Crippen LogP contribution in [0.5, 0.6) is 0 Å². The van der Waals surface area contributed by atoms with Crippen molar-refractivity contribution in [3.8, 4) is 0 Å². The monoisotopic (exact) mass is 249 g/mol. The molecule has 5 nitrogen and oxygen atoms in total.